The number of hydrogen-bond donors (Lipinski definition) is 2. The number of carboxylic acids is 1. The minimum atomic E-state index is -1.07. The molecule has 0 aliphatic carbocycles. The minimum absolute atomic E-state index is 0.0701. The molecule has 0 bridgehead atoms. The molecule has 0 spiro atoms. The number of aromatic carboxylic acids is 1. The molecule has 0 aliphatic rings. The molecular formula is C8H6INO3. The van der Waals surface area contributed by atoms with Gasteiger partial charge < -0.3 is 10.8 Å². The number of nitrogens with two attached hydrogens (primary N) is 1. The average Bonchev–Trinajstić information content (AvgIpc) is 2.03. The van der Waals surface area contributed by atoms with Crippen molar-refractivity contribution in [2.24, 2.45) is 5.73 Å². The van der Waals surface area contributed by atoms with Gasteiger partial charge in [-0.1, -0.05) is 0 Å². The van der Waals surface area contributed by atoms with Crippen LogP contribution in [0.15, 0.2) is 18.2 Å². The van der Waals surface area contributed by atoms with E-state index in [-0.39, 0.29) is 11.1 Å². The fourth-order valence-corrected chi connectivity index (χ4v) is 1.53. The van der Waals surface area contributed by atoms with E-state index in [0.29, 0.717) is 3.57 Å². The van der Waals surface area contributed by atoms with Crippen molar-refractivity contribution in [3.8, 4) is 0 Å². The lowest BCUT2D eigenvalue weighted by molar-refractivity contribution is 0.0697. The van der Waals surface area contributed by atoms with Gasteiger partial charge in [0.05, 0.1) is 5.56 Å². The molecule has 0 aromatic heterocycles. The Morgan fingerprint density at radius 3 is 2.23 bits per heavy atom. The summed E-state index contributed by atoms with van der Waals surface area (Å²) in [5.41, 5.74) is 5.30. The third kappa shape index (κ3) is 2.41. The Kier molecular flexibility index (Phi) is 2.86. The summed E-state index contributed by atoms with van der Waals surface area (Å²) < 4.78 is 0.672. The summed E-state index contributed by atoms with van der Waals surface area (Å²) in [6.07, 6.45) is 0. The highest BCUT2D eigenvalue weighted by Crippen LogP contribution is 2.12. The Morgan fingerprint density at radius 2 is 1.77 bits per heavy atom. The number of hydrogen-bond acceptors (Lipinski definition) is 2. The van der Waals surface area contributed by atoms with Crippen LogP contribution in [0.3, 0.4) is 0 Å². The quantitative estimate of drug-likeness (QED) is 0.800. The number of benzene rings is 1. The minimum Gasteiger partial charge on any atom is -0.478 e. The number of amides is 1. The van der Waals surface area contributed by atoms with Crippen molar-refractivity contribution in [3.63, 3.8) is 0 Å². The third-order valence-corrected chi connectivity index (χ3v) is 2.05. The summed E-state index contributed by atoms with van der Waals surface area (Å²) in [5, 5.41) is 8.66. The fourth-order valence-electron chi connectivity index (χ4n) is 0.855. The van der Waals surface area contributed by atoms with Gasteiger partial charge in [-0.15, -0.1) is 0 Å². The van der Waals surface area contributed by atoms with E-state index in [1.54, 1.807) is 0 Å². The first-order valence-corrected chi connectivity index (χ1v) is 4.42. The highest BCUT2D eigenvalue weighted by atomic mass is 127. The van der Waals surface area contributed by atoms with Gasteiger partial charge in [-0.25, -0.2) is 4.79 Å². The van der Waals surface area contributed by atoms with Crippen LogP contribution in [0.5, 0.6) is 0 Å². The highest BCUT2D eigenvalue weighted by molar-refractivity contribution is 14.1. The van der Waals surface area contributed by atoms with Gasteiger partial charge in [-0.2, -0.15) is 0 Å². The van der Waals surface area contributed by atoms with Gasteiger partial charge in [-0.3, -0.25) is 4.79 Å². The first-order valence-electron chi connectivity index (χ1n) is 3.34. The van der Waals surface area contributed by atoms with Crippen LogP contribution in [0.25, 0.3) is 0 Å². The van der Waals surface area contributed by atoms with Crippen molar-refractivity contribution in [3.05, 3.63) is 32.9 Å². The Balaban J connectivity index is 3.26. The van der Waals surface area contributed by atoms with E-state index in [0.717, 1.165) is 0 Å². The number of carbonyl (C=O) groups is 2. The van der Waals surface area contributed by atoms with Crippen molar-refractivity contribution < 1.29 is 14.7 Å². The first kappa shape index (κ1) is 9.97. The third-order valence-electron chi connectivity index (χ3n) is 1.43. The number of primary amides is 1. The van der Waals surface area contributed by atoms with E-state index in [1.165, 1.54) is 18.2 Å². The van der Waals surface area contributed by atoms with Gasteiger partial charge >= 0.3 is 5.97 Å². The molecule has 4 nitrogen and oxygen atoms in total. The van der Waals surface area contributed by atoms with Crippen LogP contribution in [0.2, 0.25) is 0 Å². The molecule has 0 radical (unpaired) electrons. The van der Waals surface area contributed by atoms with E-state index in [4.69, 9.17) is 10.8 Å². The second kappa shape index (κ2) is 3.73. The smallest absolute Gasteiger partial charge is 0.335 e. The topological polar surface area (TPSA) is 80.4 Å². The first-order chi connectivity index (χ1) is 6.00. The van der Waals surface area contributed by atoms with Crippen molar-refractivity contribution in [2.45, 2.75) is 0 Å². The van der Waals surface area contributed by atoms with Crippen LogP contribution in [0.4, 0.5) is 0 Å². The lowest BCUT2D eigenvalue weighted by Gasteiger charge is -1.99. The molecule has 68 valence electrons. The summed E-state index contributed by atoms with van der Waals surface area (Å²) in [5.74, 6) is -1.69. The van der Waals surface area contributed by atoms with Gasteiger partial charge in [0.1, 0.15) is 0 Å². The summed E-state index contributed by atoms with van der Waals surface area (Å²) >= 11 is 1.93. The summed E-state index contributed by atoms with van der Waals surface area (Å²) in [6.45, 7) is 0. The van der Waals surface area contributed by atoms with Gasteiger partial charge in [0, 0.05) is 9.13 Å². The molecule has 0 heterocycles. The lowest BCUT2D eigenvalue weighted by Crippen LogP contribution is -2.12. The Hall–Kier alpha value is -1.11. The van der Waals surface area contributed by atoms with Crippen molar-refractivity contribution in [2.75, 3.05) is 0 Å². The highest BCUT2D eigenvalue weighted by Gasteiger charge is 2.08. The summed E-state index contributed by atoms with van der Waals surface area (Å²) in [6, 6.07) is 4.26. The number of halogens is 1. The Labute approximate surface area is 87.9 Å². The zero-order chi connectivity index (χ0) is 10.0. The van der Waals surface area contributed by atoms with Crippen LogP contribution in [0.1, 0.15) is 20.7 Å². The lowest BCUT2D eigenvalue weighted by atomic mass is 10.1. The molecule has 0 atom stereocenters. The molecule has 0 fully saturated rings. The normalized spacial score (nSPS) is 9.62. The molecule has 1 aromatic carbocycles. The maximum atomic E-state index is 10.8. The Morgan fingerprint density at radius 1 is 1.23 bits per heavy atom. The largest absolute Gasteiger partial charge is 0.478 e. The second-order valence-electron chi connectivity index (χ2n) is 2.40. The predicted molar refractivity (Wildman–Crippen MR) is 54.6 cm³/mol. The molecule has 1 rings (SSSR count). The summed E-state index contributed by atoms with van der Waals surface area (Å²) in [7, 11) is 0. The monoisotopic (exact) mass is 291 g/mol. The molecule has 0 aliphatic heterocycles. The molecule has 13 heavy (non-hydrogen) atoms. The van der Waals surface area contributed by atoms with Crippen LogP contribution >= 0.6 is 22.6 Å². The van der Waals surface area contributed by atoms with E-state index in [2.05, 4.69) is 0 Å². The zero-order valence-corrected chi connectivity index (χ0v) is 8.61. The number of carboxylic acid groups (broad SMARTS) is 1. The Bertz CT molecular complexity index is 343. The van der Waals surface area contributed by atoms with Crippen molar-refractivity contribution >= 4 is 34.5 Å². The van der Waals surface area contributed by atoms with E-state index in [9.17, 15) is 9.59 Å². The van der Waals surface area contributed by atoms with E-state index in [1.807, 2.05) is 22.6 Å². The molecule has 0 unspecified atom stereocenters. The van der Waals surface area contributed by atoms with Crippen LogP contribution in [0, 0.1) is 3.57 Å². The average molecular weight is 291 g/mol. The molecule has 1 amide bonds. The molecule has 3 N–H and O–H groups in total. The molecule has 0 saturated carbocycles. The van der Waals surface area contributed by atoms with E-state index >= 15 is 0 Å². The molecule has 1 aromatic rings. The zero-order valence-electron chi connectivity index (χ0n) is 6.45. The SMILES string of the molecule is NC(=O)c1cc(I)cc(C(=O)O)c1. The van der Waals surface area contributed by atoms with E-state index < -0.39 is 11.9 Å². The van der Waals surface area contributed by atoms with Gasteiger partial charge in [-0.05, 0) is 40.8 Å². The van der Waals surface area contributed by atoms with Crippen LogP contribution in [-0.4, -0.2) is 17.0 Å². The standard InChI is InChI=1S/C8H6INO3/c9-6-2-4(7(10)11)1-5(3-6)8(12)13/h1-3H,(H2,10,11)(H,12,13). The number of carbonyl (C=O) groups excluding carboxylic acids is 1. The maximum absolute atomic E-state index is 10.8. The maximum Gasteiger partial charge on any atom is 0.335 e. The van der Waals surface area contributed by atoms with Crippen LogP contribution in [-0.2, 0) is 0 Å². The van der Waals surface area contributed by atoms with Crippen molar-refractivity contribution in [1.29, 1.82) is 0 Å². The van der Waals surface area contributed by atoms with Gasteiger partial charge in [0.15, 0.2) is 0 Å². The predicted octanol–water partition coefficient (Wildman–Crippen LogP) is 1.09. The fraction of sp³-hybridized carbons (Fsp3) is 0. The number of rotatable bonds is 2. The molecule has 5 heteroatoms. The molecule has 0 saturated heterocycles. The van der Waals surface area contributed by atoms with Crippen molar-refractivity contribution in [1.82, 2.24) is 0 Å². The summed E-state index contributed by atoms with van der Waals surface area (Å²) in [4.78, 5) is 21.3. The molecular weight excluding hydrogens is 285 g/mol. The second-order valence-corrected chi connectivity index (χ2v) is 3.64. The van der Waals surface area contributed by atoms with Gasteiger partial charge in [0.25, 0.3) is 0 Å². The van der Waals surface area contributed by atoms with Crippen LogP contribution < -0.4 is 5.73 Å². The van der Waals surface area contributed by atoms with Gasteiger partial charge in [0.2, 0.25) is 5.91 Å².